The Labute approximate surface area is 178 Å². The fraction of sp³-hybridized carbons (Fsp3) is 0.609. The first-order chi connectivity index (χ1) is 14.4. The first kappa shape index (κ1) is 21.0. The standard InChI is InChI=1S/C23H32N4O3/c1-17-6-5-8-19(14-17)15-24-10-12-25(13-11-24)16-26-21(28)22(29)27(23(26)30)20-9-4-3-7-18(20)2/h5-6,8,14,18,20H,3-4,7,9-13,15-16H2,1-2H3/p+2/t18-,20-/m0/s1. The zero-order valence-corrected chi connectivity index (χ0v) is 18.2. The van der Waals surface area contributed by atoms with Crippen molar-refractivity contribution < 1.29 is 24.2 Å². The molecule has 7 heteroatoms. The summed E-state index contributed by atoms with van der Waals surface area (Å²) in [5.41, 5.74) is 2.63. The van der Waals surface area contributed by atoms with Gasteiger partial charge >= 0.3 is 17.8 Å². The summed E-state index contributed by atoms with van der Waals surface area (Å²) in [6, 6.07) is 8.10. The Hall–Kier alpha value is -2.25. The van der Waals surface area contributed by atoms with Crippen LogP contribution in [0.4, 0.5) is 4.79 Å². The molecule has 7 nitrogen and oxygen atoms in total. The summed E-state index contributed by atoms with van der Waals surface area (Å²) in [5, 5.41) is 0. The van der Waals surface area contributed by atoms with E-state index in [9.17, 15) is 14.4 Å². The summed E-state index contributed by atoms with van der Waals surface area (Å²) < 4.78 is 0. The minimum atomic E-state index is -0.639. The predicted molar refractivity (Wildman–Crippen MR) is 112 cm³/mol. The van der Waals surface area contributed by atoms with Gasteiger partial charge in [0.2, 0.25) is 0 Å². The van der Waals surface area contributed by atoms with Gasteiger partial charge in [-0.2, -0.15) is 0 Å². The lowest BCUT2D eigenvalue weighted by Gasteiger charge is -2.34. The molecule has 2 N–H and O–H groups in total. The molecule has 3 aliphatic rings. The second-order valence-corrected chi connectivity index (χ2v) is 9.34. The maximum atomic E-state index is 13.0. The molecule has 1 aliphatic carbocycles. The number of aryl methyl sites for hydroxylation is 1. The molecule has 4 rings (SSSR count). The number of carbonyl (C=O) groups is 3. The molecule has 0 bridgehead atoms. The predicted octanol–water partition coefficient (Wildman–Crippen LogP) is -0.395. The van der Waals surface area contributed by atoms with E-state index in [-0.39, 0.29) is 12.0 Å². The fourth-order valence-corrected chi connectivity index (χ4v) is 5.26. The molecular weight excluding hydrogens is 380 g/mol. The molecule has 4 amide bonds. The third kappa shape index (κ3) is 4.27. The zero-order chi connectivity index (χ0) is 21.3. The average Bonchev–Trinajstić information content (AvgIpc) is 2.93. The van der Waals surface area contributed by atoms with Crippen LogP contribution in [0.15, 0.2) is 24.3 Å². The van der Waals surface area contributed by atoms with E-state index < -0.39 is 17.8 Å². The number of piperazine rings is 1. The lowest BCUT2D eigenvalue weighted by molar-refractivity contribution is -1.02. The van der Waals surface area contributed by atoms with Gasteiger partial charge in [0.05, 0.1) is 0 Å². The molecule has 0 radical (unpaired) electrons. The Bertz CT molecular complexity index is 818. The molecule has 1 aromatic carbocycles. The van der Waals surface area contributed by atoms with Gasteiger partial charge in [0.1, 0.15) is 32.7 Å². The van der Waals surface area contributed by atoms with Crippen molar-refractivity contribution in [2.75, 3.05) is 32.8 Å². The maximum absolute atomic E-state index is 13.0. The highest BCUT2D eigenvalue weighted by Gasteiger charge is 2.50. The van der Waals surface area contributed by atoms with E-state index >= 15 is 0 Å². The lowest BCUT2D eigenvalue weighted by atomic mass is 9.85. The first-order valence-corrected chi connectivity index (χ1v) is 11.4. The summed E-state index contributed by atoms with van der Waals surface area (Å²) in [5.74, 6) is -0.998. The number of urea groups is 1. The number of amides is 4. The van der Waals surface area contributed by atoms with Crippen LogP contribution in [-0.4, -0.2) is 66.5 Å². The Morgan fingerprint density at radius 3 is 2.37 bits per heavy atom. The number of carbonyl (C=O) groups excluding carboxylic acids is 3. The van der Waals surface area contributed by atoms with Gasteiger partial charge in [-0.25, -0.2) is 9.69 Å². The van der Waals surface area contributed by atoms with Crippen LogP contribution in [0.2, 0.25) is 0 Å². The third-order valence-electron chi connectivity index (χ3n) is 7.06. The monoisotopic (exact) mass is 414 g/mol. The third-order valence-corrected chi connectivity index (χ3v) is 7.06. The zero-order valence-electron chi connectivity index (χ0n) is 18.2. The van der Waals surface area contributed by atoms with E-state index in [0.717, 1.165) is 58.4 Å². The van der Waals surface area contributed by atoms with Gasteiger partial charge in [0.15, 0.2) is 6.67 Å². The molecule has 1 aromatic rings. The minimum Gasteiger partial charge on any atom is -0.322 e. The highest BCUT2D eigenvalue weighted by Crippen LogP contribution is 2.30. The summed E-state index contributed by atoms with van der Waals surface area (Å²) in [6.07, 6.45) is 3.96. The molecular formula is C23H34N4O3+2. The molecule has 162 valence electrons. The number of benzene rings is 1. The van der Waals surface area contributed by atoms with E-state index in [2.05, 4.69) is 38.1 Å². The quantitative estimate of drug-likeness (QED) is 0.509. The molecule has 0 unspecified atom stereocenters. The molecule has 30 heavy (non-hydrogen) atoms. The van der Waals surface area contributed by atoms with Crippen molar-refractivity contribution in [3.05, 3.63) is 35.4 Å². The van der Waals surface area contributed by atoms with Crippen molar-refractivity contribution in [3.8, 4) is 0 Å². The van der Waals surface area contributed by atoms with Crippen LogP contribution in [0.5, 0.6) is 0 Å². The average molecular weight is 415 g/mol. The van der Waals surface area contributed by atoms with Gasteiger partial charge in [0, 0.05) is 11.6 Å². The first-order valence-electron chi connectivity index (χ1n) is 11.4. The highest BCUT2D eigenvalue weighted by atomic mass is 16.2. The van der Waals surface area contributed by atoms with Crippen LogP contribution >= 0.6 is 0 Å². The number of nitrogens with zero attached hydrogens (tertiary/aromatic N) is 2. The highest BCUT2D eigenvalue weighted by molar-refractivity contribution is 6.44. The maximum Gasteiger partial charge on any atom is 0.338 e. The Morgan fingerprint density at radius 2 is 1.67 bits per heavy atom. The normalized spacial score (nSPS) is 30.3. The molecule has 0 aromatic heterocycles. The van der Waals surface area contributed by atoms with E-state index in [1.807, 2.05) is 0 Å². The molecule has 2 atom stereocenters. The van der Waals surface area contributed by atoms with E-state index in [0.29, 0.717) is 6.67 Å². The van der Waals surface area contributed by atoms with Crippen molar-refractivity contribution >= 4 is 17.8 Å². The largest absolute Gasteiger partial charge is 0.338 e. The van der Waals surface area contributed by atoms with Gasteiger partial charge in [-0.05, 0) is 25.7 Å². The number of imide groups is 2. The van der Waals surface area contributed by atoms with Gasteiger partial charge in [-0.1, -0.05) is 49.6 Å². The molecule has 0 spiro atoms. The Morgan fingerprint density at radius 1 is 0.967 bits per heavy atom. The SMILES string of the molecule is Cc1cccc(C[NH+]2CC[NH+](CN3C(=O)C(=O)N([C@H]4CCCC[C@@H]4C)C3=O)CC2)c1. The topological polar surface area (TPSA) is 66.6 Å². The van der Waals surface area contributed by atoms with E-state index in [4.69, 9.17) is 0 Å². The minimum absolute atomic E-state index is 0.127. The van der Waals surface area contributed by atoms with Gasteiger partial charge in [-0.3, -0.25) is 14.5 Å². The molecule has 1 saturated carbocycles. The van der Waals surface area contributed by atoms with Crippen molar-refractivity contribution in [2.45, 2.75) is 52.1 Å². The molecule has 2 aliphatic heterocycles. The van der Waals surface area contributed by atoms with Crippen LogP contribution < -0.4 is 9.80 Å². The van der Waals surface area contributed by atoms with Crippen LogP contribution in [-0.2, 0) is 16.1 Å². The lowest BCUT2D eigenvalue weighted by Crippen LogP contribution is -3.28. The number of quaternary nitrogens is 2. The van der Waals surface area contributed by atoms with Gasteiger partial charge < -0.3 is 9.80 Å². The molecule has 2 saturated heterocycles. The van der Waals surface area contributed by atoms with Crippen LogP contribution in [0.25, 0.3) is 0 Å². The molecule has 3 fully saturated rings. The van der Waals surface area contributed by atoms with Crippen molar-refractivity contribution in [3.63, 3.8) is 0 Å². The van der Waals surface area contributed by atoms with Crippen molar-refractivity contribution in [2.24, 2.45) is 5.92 Å². The Kier molecular flexibility index (Phi) is 6.20. The van der Waals surface area contributed by atoms with E-state index in [1.54, 1.807) is 0 Å². The second kappa shape index (κ2) is 8.86. The summed E-state index contributed by atoms with van der Waals surface area (Å²) in [6.45, 7) is 9.29. The van der Waals surface area contributed by atoms with Crippen LogP contribution in [0.1, 0.15) is 43.7 Å². The van der Waals surface area contributed by atoms with Crippen molar-refractivity contribution in [1.29, 1.82) is 0 Å². The van der Waals surface area contributed by atoms with Gasteiger partial charge in [-0.15, -0.1) is 0 Å². The number of hydrogen-bond donors (Lipinski definition) is 2. The number of rotatable bonds is 5. The van der Waals surface area contributed by atoms with Crippen LogP contribution in [0, 0.1) is 12.8 Å². The Balaban J connectivity index is 1.33. The summed E-state index contributed by atoms with van der Waals surface area (Å²) in [4.78, 5) is 43.3. The van der Waals surface area contributed by atoms with Gasteiger partial charge in [0.25, 0.3) is 0 Å². The smallest absolute Gasteiger partial charge is 0.322 e. The summed E-state index contributed by atoms with van der Waals surface area (Å²) in [7, 11) is 0. The summed E-state index contributed by atoms with van der Waals surface area (Å²) >= 11 is 0. The number of hydrogen-bond acceptors (Lipinski definition) is 3. The van der Waals surface area contributed by atoms with Crippen molar-refractivity contribution in [1.82, 2.24) is 9.80 Å². The number of nitrogens with one attached hydrogen (secondary N) is 2. The van der Waals surface area contributed by atoms with Crippen LogP contribution in [0.3, 0.4) is 0 Å². The molecule has 2 heterocycles. The fourth-order valence-electron chi connectivity index (χ4n) is 5.26. The van der Waals surface area contributed by atoms with E-state index in [1.165, 1.54) is 30.7 Å². The second-order valence-electron chi connectivity index (χ2n) is 9.34.